The summed E-state index contributed by atoms with van der Waals surface area (Å²) >= 11 is 5.38. The summed E-state index contributed by atoms with van der Waals surface area (Å²) in [4.78, 5) is 0. The van der Waals surface area contributed by atoms with Gasteiger partial charge < -0.3 is 4.74 Å². The molecule has 0 spiro atoms. The summed E-state index contributed by atoms with van der Waals surface area (Å²) in [6, 6.07) is 8.25. The third-order valence-corrected chi connectivity index (χ3v) is 2.83. The Labute approximate surface area is 104 Å². The van der Waals surface area contributed by atoms with Crippen molar-refractivity contribution in [1.82, 2.24) is 0 Å². The summed E-state index contributed by atoms with van der Waals surface area (Å²) in [5.41, 5.74) is 1.36. The Kier molecular flexibility index (Phi) is 7.07. The molecule has 1 aliphatic heterocycles. The highest BCUT2D eigenvalue weighted by atomic mass is 35.5. The van der Waals surface area contributed by atoms with E-state index >= 15 is 0 Å². The van der Waals surface area contributed by atoms with Gasteiger partial charge in [0.1, 0.15) is 5.75 Å². The van der Waals surface area contributed by atoms with E-state index in [-0.39, 0.29) is 0 Å². The number of rotatable bonds is 3. The quantitative estimate of drug-likeness (QED) is 0.561. The lowest BCUT2D eigenvalue weighted by atomic mass is 10.1. The van der Waals surface area contributed by atoms with Crippen LogP contribution in [0.25, 0.3) is 0 Å². The zero-order chi connectivity index (χ0) is 11.6. The Morgan fingerprint density at radius 3 is 2.69 bits per heavy atom. The van der Waals surface area contributed by atoms with Gasteiger partial charge in [0.2, 0.25) is 0 Å². The van der Waals surface area contributed by atoms with Gasteiger partial charge in [-0.15, -0.1) is 11.6 Å². The highest BCUT2D eigenvalue weighted by Crippen LogP contribution is 2.23. The SMILES string of the molecule is CCCCCCl.c1ccc2c(c1)CCCO2. The monoisotopic (exact) mass is 240 g/mol. The first-order chi connectivity index (χ1) is 7.88. The molecule has 1 nitrogen and oxygen atoms in total. The molecule has 16 heavy (non-hydrogen) atoms. The molecule has 0 bridgehead atoms. The van der Waals surface area contributed by atoms with Gasteiger partial charge in [-0.05, 0) is 30.9 Å². The predicted molar refractivity (Wildman–Crippen MR) is 70.5 cm³/mol. The third kappa shape index (κ3) is 4.89. The molecule has 0 amide bonds. The fraction of sp³-hybridized carbons (Fsp3) is 0.571. The van der Waals surface area contributed by atoms with E-state index in [0.29, 0.717) is 0 Å². The second-order valence-corrected chi connectivity index (χ2v) is 4.33. The van der Waals surface area contributed by atoms with Crippen LogP contribution in [0.2, 0.25) is 0 Å². The topological polar surface area (TPSA) is 9.23 Å². The van der Waals surface area contributed by atoms with Crippen LogP contribution in [0, 0.1) is 0 Å². The van der Waals surface area contributed by atoms with Gasteiger partial charge in [-0.25, -0.2) is 0 Å². The maximum absolute atomic E-state index is 5.42. The molecule has 2 heteroatoms. The lowest BCUT2D eigenvalue weighted by Crippen LogP contribution is -2.07. The van der Waals surface area contributed by atoms with Crippen LogP contribution in [0.1, 0.15) is 38.2 Å². The lowest BCUT2D eigenvalue weighted by Gasteiger charge is -2.15. The first-order valence-electron chi connectivity index (χ1n) is 6.15. The van der Waals surface area contributed by atoms with Gasteiger partial charge in [-0.3, -0.25) is 0 Å². The molecule has 1 aromatic rings. The molecule has 0 fully saturated rings. The van der Waals surface area contributed by atoms with E-state index in [1.165, 1.54) is 31.2 Å². The molecule has 1 aromatic carbocycles. The molecule has 0 aromatic heterocycles. The van der Waals surface area contributed by atoms with Crippen LogP contribution in [-0.2, 0) is 6.42 Å². The number of para-hydroxylation sites is 1. The van der Waals surface area contributed by atoms with Gasteiger partial charge in [-0.2, -0.15) is 0 Å². The average Bonchev–Trinajstić information content (AvgIpc) is 2.37. The van der Waals surface area contributed by atoms with Crippen molar-refractivity contribution in [2.24, 2.45) is 0 Å². The van der Waals surface area contributed by atoms with Gasteiger partial charge in [0, 0.05) is 5.88 Å². The molecule has 1 aliphatic rings. The van der Waals surface area contributed by atoms with E-state index in [0.717, 1.165) is 24.7 Å². The van der Waals surface area contributed by atoms with Crippen molar-refractivity contribution in [2.75, 3.05) is 12.5 Å². The second-order valence-electron chi connectivity index (χ2n) is 3.96. The number of ether oxygens (including phenoxy) is 1. The molecule has 0 saturated heterocycles. The number of aryl methyl sites for hydroxylation is 1. The number of alkyl halides is 1. The summed E-state index contributed by atoms with van der Waals surface area (Å²) in [6.45, 7) is 3.06. The number of halogens is 1. The molecule has 1 heterocycles. The molecular formula is C14H21ClO. The average molecular weight is 241 g/mol. The Morgan fingerprint density at radius 1 is 1.25 bits per heavy atom. The molecule has 0 unspecified atom stereocenters. The van der Waals surface area contributed by atoms with Crippen LogP contribution in [-0.4, -0.2) is 12.5 Å². The van der Waals surface area contributed by atoms with Crippen LogP contribution in [0.3, 0.4) is 0 Å². The van der Waals surface area contributed by atoms with Crippen molar-refractivity contribution in [1.29, 1.82) is 0 Å². The van der Waals surface area contributed by atoms with E-state index in [2.05, 4.69) is 19.1 Å². The van der Waals surface area contributed by atoms with Crippen LogP contribution in [0.5, 0.6) is 5.75 Å². The van der Waals surface area contributed by atoms with E-state index in [9.17, 15) is 0 Å². The second kappa shape index (κ2) is 8.46. The van der Waals surface area contributed by atoms with Gasteiger partial charge in [-0.1, -0.05) is 38.0 Å². The normalized spacial score (nSPS) is 13.1. The molecule has 0 N–H and O–H groups in total. The van der Waals surface area contributed by atoms with E-state index in [1.54, 1.807) is 0 Å². The fourth-order valence-electron chi connectivity index (χ4n) is 1.64. The van der Waals surface area contributed by atoms with Gasteiger partial charge in [0.15, 0.2) is 0 Å². The van der Waals surface area contributed by atoms with Crippen molar-refractivity contribution in [2.45, 2.75) is 39.0 Å². The largest absolute Gasteiger partial charge is 0.493 e. The van der Waals surface area contributed by atoms with Crippen molar-refractivity contribution < 1.29 is 4.74 Å². The van der Waals surface area contributed by atoms with E-state index in [1.807, 2.05) is 12.1 Å². The summed E-state index contributed by atoms with van der Waals surface area (Å²) in [5, 5.41) is 0. The first-order valence-corrected chi connectivity index (χ1v) is 6.68. The summed E-state index contributed by atoms with van der Waals surface area (Å²) in [6.07, 6.45) is 6.07. The number of benzene rings is 1. The first kappa shape index (κ1) is 13.4. The third-order valence-electron chi connectivity index (χ3n) is 2.56. The fourth-order valence-corrected chi connectivity index (χ4v) is 1.83. The Morgan fingerprint density at radius 2 is 2.06 bits per heavy atom. The standard InChI is InChI=1S/C9H10O.C5H11Cl/c1-2-6-9-8(4-1)5-3-7-10-9;1-2-3-4-5-6/h1-2,4,6H,3,5,7H2;2-5H2,1H3. The molecular weight excluding hydrogens is 220 g/mol. The summed E-state index contributed by atoms with van der Waals surface area (Å²) in [7, 11) is 0. The van der Waals surface area contributed by atoms with Crippen molar-refractivity contribution in [3.8, 4) is 5.75 Å². The van der Waals surface area contributed by atoms with Crippen LogP contribution < -0.4 is 4.74 Å². The zero-order valence-corrected chi connectivity index (χ0v) is 10.8. The van der Waals surface area contributed by atoms with Crippen LogP contribution in [0.15, 0.2) is 24.3 Å². The Hall–Kier alpha value is -0.690. The lowest BCUT2D eigenvalue weighted by molar-refractivity contribution is 0.288. The molecule has 90 valence electrons. The van der Waals surface area contributed by atoms with Crippen molar-refractivity contribution in [3.63, 3.8) is 0 Å². The number of unbranched alkanes of at least 4 members (excludes halogenated alkanes) is 2. The minimum absolute atomic E-state index is 0.827. The number of fused-ring (bicyclic) bond motifs is 1. The van der Waals surface area contributed by atoms with E-state index < -0.39 is 0 Å². The molecule has 0 aliphatic carbocycles. The highest BCUT2D eigenvalue weighted by molar-refractivity contribution is 6.17. The van der Waals surface area contributed by atoms with E-state index in [4.69, 9.17) is 16.3 Å². The predicted octanol–water partition coefficient (Wildman–Crippen LogP) is 4.43. The molecule has 2 rings (SSSR count). The molecule has 0 atom stereocenters. The highest BCUT2D eigenvalue weighted by Gasteiger charge is 2.06. The van der Waals surface area contributed by atoms with Gasteiger partial charge in [0.25, 0.3) is 0 Å². The van der Waals surface area contributed by atoms with Crippen LogP contribution in [0.4, 0.5) is 0 Å². The Bertz CT molecular complexity index is 257. The Balaban J connectivity index is 0.000000187. The minimum atomic E-state index is 0.827. The minimum Gasteiger partial charge on any atom is -0.493 e. The zero-order valence-electron chi connectivity index (χ0n) is 10.0. The maximum atomic E-state index is 5.42. The molecule has 0 saturated carbocycles. The summed E-state index contributed by atoms with van der Waals surface area (Å²) < 4.78 is 5.42. The van der Waals surface area contributed by atoms with Crippen molar-refractivity contribution in [3.05, 3.63) is 29.8 Å². The molecule has 0 radical (unpaired) electrons. The summed E-state index contributed by atoms with van der Waals surface area (Å²) in [5.74, 6) is 1.90. The van der Waals surface area contributed by atoms with Crippen LogP contribution >= 0.6 is 11.6 Å². The van der Waals surface area contributed by atoms with Crippen molar-refractivity contribution >= 4 is 11.6 Å². The van der Waals surface area contributed by atoms with Gasteiger partial charge in [0.05, 0.1) is 6.61 Å². The smallest absolute Gasteiger partial charge is 0.122 e. The van der Waals surface area contributed by atoms with Gasteiger partial charge >= 0.3 is 0 Å². The number of hydrogen-bond acceptors (Lipinski definition) is 1. The number of hydrogen-bond donors (Lipinski definition) is 0. The maximum Gasteiger partial charge on any atom is 0.122 e.